The first-order valence-electron chi connectivity index (χ1n) is 25.5. The van der Waals surface area contributed by atoms with Gasteiger partial charge in [0.25, 0.3) is 0 Å². The summed E-state index contributed by atoms with van der Waals surface area (Å²) in [7, 11) is 0. The number of hydrogen-bond acceptors (Lipinski definition) is 7. The molecule has 0 spiro atoms. The first-order chi connectivity index (χ1) is 29.2. The topological polar surface area (TPSA) is 154 Å². The van der Waals surface area contributed by atoms with Crippen molar-refractivity contribution in [1.29, 1.82) is 0 Å². The molecule has 0 saturated heterocycles. The molecule has 10 heteroatoms. The summed E-state index contributed by atoms with van der Waals surface area (Å²) in [5, 5.41) is 28.2. The van der Waals surface area contributed by atoms with Crippen molar-refractivity contribution in [3.63, 3.8) is 0 Å². The first kappa shape index (κ1) is 57.8. The SMILES string of the molecule is CCCCCCCCCCCC(=O)O[C@H](CCCCCCCCCCC)CC(=O)N[C@@H](CCO)C(=O)NCCC[C@H](CO)NC(=O)C[C@H](C)CCCCCCCCCCC. The van der Waals surface area contributed by atoms with E-state index < -0.39 is 24.1 Å². The highest BCUT2D eigenvalue weighted by Gasteiger charge is 2.24. The molecule has 0 aromatic heterocycles. The Kier molecular flexibility index (Phi) is 41.9. The van der Waals surface area contributed by atoms with Crippen molar-refractivity contribution in [3.05, 3.63) is 0 Å². The van der Waals surface area contributed by atoms with Gasteiger partial charge in [-0.15, -0.1) is 0 Å². The quantitative estimate of drug-likeness (QED) is 0.0302. The van der Waals surface area contributed by atoms with E-state index in [1.54, 1.807) is 0 Å². The van der Waals surface area contributed by atoms with Crippen LogP contribution in [0.5, 0.6) is 0 Å². The van der Waals surface area contributed by atoms with Crippen LogP contribution in [0, 0.1) is 5.92 Å². The van der Waals surface area contributed by atoms with Gasteiger partial charge in [-0.3, -0.25) is 19.2 Å². The Hall–Kier alpha value is -2.20. The van der Waals surface area contributed by atoms with E-state index in [9.17, 15) is 29.4 Å². The largest absolute Gasteiger partial charge is 0.462 e. The number of amides is 3. The minimum absolute atomic E-state index is 0.0224. The summed E-state index contributed by atoms with van der Waals surface area (Å²) in [6, 6.07) is -1.32. The molecular formula is C50H97N3O7. The Morgan fingerprint density at radius 3 is 1.43 bits per heavy atom. The molecule has 3 amide bonds. The highest BCUT2D eigenvalue weighted by Crippen LogP contribution is 2.18. The Morgan fingerprint density at radius 2 is 0.950 bits per heavy atom. The van der Waals surface area contributed by atoms with E-state index in [1.165, 1.54) is 128 Å². The van der Waals surface area contributed by atoms with Crippen molar-refractivity contribution in [3.8, 4) is 0 Å². The van der Waals surface area contributed by atoms with Crippen LogP contribution in [0.4, 0.5) is 0 Å². The lowest BCUT2D eigenvalue weighted by atomic mass is 9.98. The number of unbranched alkanes of at least 4 members (excludes halogenated alkanes) is 24. The van der Waals surface area contributed by atoms with Crippen LogP contribution >= 0.6 is 0 Å². The van der Waals surface area contributed by atoms with Gasteiger partial charge >= 0.3 is 5.97 Å². The predicted octanol–water partition coefficient (Wildman–Crippen LogP) is 11.3. The third kappa shape index (κ3) is 37.6. The molecule has 354 valence electrons. The summed E-state index contributed by atoms with van der Waals surface area (Å²) >= 11 is 0. The van der Waals surface area contributed by atoms with E-state index in [2.05, 4.69) is 43.6 Å². The van der Waals surface area contributed by atoms with Crippen LogP contribution in [0.3, 0.4) is 0 Å². The number of aliphatic hydroxyl groups excluding tert-OH is 2. The predicted molar refractivity (Wildman–Crippen MR) is 249 cm³/mol. The van der Waals surface area contributed by atoms with E-state index in [1.807, 2.05) is 0 Å². The van der Waals surface area contributed by atoms with Crippen LogP contribution in [0.2, 0.25) is 0 Å². The first-order valence-corrected chi connectivity index (χ1v) is 25.5. The fourth-order valence-electron chi connectivity index (χ4n) is 7.97. The molecule has 0 rings (SSSR count). The van der Waals surface area contributed by atoms with Crippen LogP contribution in [0.15, 0.2) is 0 Å². The van der Waals surface area contributed by atoms with Gasteiger partial charge in [-0.25, -0.2) is 0 Å². The Morgan fingerprint density at radius 1 is 0.500 bits per heavy atom. The molecule has 0 radical (unpaired) electrons. The molecule has 10 nitrogen and oxygen atoms in total. The molecule has 0 bridgehead atoms. The zero-order chi connectivity index (χ0) is 44.3. The lowest BCUT2D eigenvalue weighted by molar-refractivity contribution is -0.151. The summed E-state index contributed by atoms with van der Waals surface area (Å²) in [5.41, 5.74) is 0. The molecule has 0 aliphatic rings. The summed E-state index contributed by atoms with van der Waals surface area (Å²) in [4.78, 5) is 51.9. The van der Waals surface area contributed by atoms with Gasteiger partial charge in [0.2, 0.25) is 17.7 Å². The van der Waals surface area contributed by atoms with Gasteiger partial charge in [-0.05, 0) is 44.4 Å². The second-order valence-electron chi connectivity index (χ2n) is 18.0. The molecule has 0 aromatic carbocycles. The van der Waals surface area contributed by atoms with Crippen LogP contribution < -0.4 is 16.0 Å². The zero-order valence-corrected chi connectivity index (χ0v) is 39.6. The highest BCUT2D eigenvalue weighted by molar-refractivity contribution is 5.87. The van der Waals surface area contributed by atoms with Gasteiger partial charge in [-0.1, -0.05) is 195 Å². The Labute approximate surface area is 369 Å². The number of aliphatic hydroxyl groups is 2. The van der Waals surface area contributed by atoms with Gasteiger partial charge < -0.3 is 30.9 Å². The lowest BCUT2D eigenvalue weighted by Gasteiger charge is -2.21. The minimum Gasteiger partial charge on any atom is -0.462 e. The van der Waals surface area contributed by atoms with Crippen molar-refractivity contribution in [2.24, 2.45) is 5.92 Å². The van der Waals surface area contributed by atoms with Gasteiger partial charge in [-0.2, -0.15) is 0 Å². The molecule has 4 atom stereocenters. The summed E-state index contributed by atoms with van der Waals surface area (Å²) < 4.78 is 5.87. The highest BCUT2D eigenvalue weighted by atomic mass is 16.5. The average molecular weight is 852 g/mol. The molecule has 0 aliphatic carbocycles. The standard InChI is InChI=1S/C50H97N3O7/c1-5-8-11-14-17-20-23-26-29-33-43(4)40-47(56)52-44(42-55)34-32-38-51-50(59)46(37-39-54)53-48(57)41-45(35-30-27-24-21-18-15-12-9-6-2)60-49(58)36-31-28-25-22-19-16-13-10-7-3/h43-46,54-55H,5-42H2,1-4H3,(H,51,59)(H,52,56)(H,53,57)/t43-,44-,45-,46+/m1/s1. The van der Waals surface area contributed by atoms with Gasteiger partial charge in [0, 0.05) is 26.0 Å². The van der Waals surface area contributed by atoms with E-state index in [4.69, 9.17) is 4.74 Å². The molecule has 0 aromatic rings. The molecule has 0 saturated carbocycles. The van der Waals surface area contributed by atoms with Crippen molar-refractivity contribution >= 4 is 23.7 Å². The fourth-order valence-corrected chi connectivity index (χ4v) is 7.97. The van der Waals surface area contributed by atoms with Crippen molar-refractivity contribution < 1.29 is 34.1 Å². The van der Waals surface area contributed by atoms with Crippen LogP contribution in [-0.4, -0.2) is 71.9 Å². The van der Waals surface area contributed by atoms with Gasteiger partial charge in [0.1, 0.15) is 12.1 Å². The van der Waals surface area contributed by atoms with E-state index in [0.717, 1.165) is 51.4 Å². The molecule has 60 heavy (non-hydrogen) atoms. The van der Waals surface area contributed by atoms with Crippen LogP contribution in [0.1, 0.15) is 252 Å². The third-order valence-corrected chi connectivity index (χ3v) is 11.8. The summed E-state index contributed by atoms with van der Waals surface area (Å²) in [6.07, 6.45) is 35.5. The monoisotopic (exact) mass is 852 g/mol. The number of hydrogen-bond donors (Lipinski definition) is 5. The number of carbonyl (C=O) groups is 4. The minimum atomic E-state index is -0.922. The maximum absolute atomic E-state index is 13.3. The van der Waals surface area contributed by atoms with Crippen LogP contribution in [-0.2, 0) is 23.9 Å². The van der Waals surface area contributed by atoms with E-state index in [0.29, 0.717) is 38.6 Å². The van der Waals surface area contributed by atoms with Crippen molar-refractivity contribution in [2.75, 3.05) is 19.8 Å². The Balaban J connectivity index is 4.77. The lowest BCUT2D eigenvalue weighted by Crippen LogP contribution is -2.48. The zero-order valence-electron chi connectivity index (χ0n) is 39.6. The second-order valence-corrected chi connectivity index (χ2v) is 18.0. The van der Waals surface area contributed by atoms with E-state index >= 15 is 0 Å². The molecule has 0 unspecified atom stereocenters. The maximum atomic E-state index is 13.3. The summed E-state index contributed by atoms with van der Waals surface area (Å²) in [6.45, 7) is 8.65. The van der Waals surface area contributed by atoms with Crippen molar-refractivity contribution in [2.45, 2.75) is 271 Å². The maximum Gasteiger partial charge on any atom is 0.306 e. The number of ether oxygens (including phenoxy) is 1. The van der Waals surface area contributed by atoms with Crippen molar-refractivity contribution in [1.82, 2.24) is 16.0 Å². The number of esters is 1. The normalized spacial score (nSPS) is 13.4. The molecule has 0 heterocycles. The van der Waals surface area contributed by atoms with E-state index in [-0.39, 0.29) is 49.8 Å². The van der Waals surface area contributed by atoms with Crippen LogP contribution in [0.25, 0.3) is 0 Å². The number of rotatable bonds is 45. The van der Waals surface area contributed by atoms with Gasteiger partial charge in [0.05, 0.1) is 19.1 Å². The average Bonchev–Trinajstić information content (AvgIpc) is 3.22. The fraction of sp³-hybridized carbons (Fsp3) is 0.920. The van der Waals surface area contributed by atoms with Gasteiger partial charge in [0.15, 0.2) is 0 Å². The summed E-state index contributed by atoms with van der Waals surface area (Å²) in [5.74, 6) is -0.816. The molecule has 5 N–H and O–H groups in total. The third-order valence-electron chi connectivity index (χ3n) is 11.8. The molecular weight excluding hydrogens is 755 g/mol. The number of nitrogens with one attached hydrogen (secondary N) is 3. The second kappa shape index (κ2) is 43.4. The molecule has 0 aliphatic heterocycles. The number of carbonyl (C=O) groups excluding carboxylic acids is 4. The molecule has 0 fully saturated rings. The Bertz CT molecular complexity index is 1010. The smallest absolute Gasteiger partial charge is 0.306 e.